The molecule has 0 aliphatic heterocycles. The number of benzene rings is 4. The molecule has 0 unspecified atom stereocenters. The van der Waals surface area contributed by atoms with Crippen LogP contribution in [0.1, 0.15) is 37.5 Å². The lowest BCUT2D eigenvalue weighted by molar-refractivity contribution is -0.185. The molecular formula is C42H50O5S3Si. The Balaban J connectivity index is 1.69. The van der Waals surface area contributed by atoms with E-state index in [9.17, 15) is 5.11 Å². The van der Waals surface area contributed by atoms with Crippen molar-refractivity contribution in [3.63, 3.8) is 0 Å². The van der Waals surface area contributed by atoms with Crippen molar-refractivity contribution in [3.05, 3.63) is 157 Å². The van der Waals surface area contributed by atoms with Gasteiger partial charge in [-0.25, -0.2) is 0 Å². The molecule has 1 aromatic heterocycles. The average Bonchev–Trinajstić information content (AvgIpc) is 3.72. The molecule has 1 heterocycles. The van der Waals surface area contributed by atoms with E-state index in [0.717, 1.165) is 11.1 Å². The van der Waals surface area contributed by atoms with Crippen LogP contribution >= 0.6 is 35.3 Å². The van der Waals surface area contributed by atoms with Crippen molar-refractivity contribution in [2.75, 3.05) is 25.4 Å². The topological polar surface area (TPSA) is 61.1 Å². The van der Waals surface area contributed by atoms with Gasteiger partial charge in [0.15, 0.2) is 5.60 Å². The lowest BCUT2D eigenvalue weighted by atomic mass is 9.87. The summed E-state index contributed by atoms with van der Waals surface area (Å²) >= 11 is 4.78. The van der Waals surface area contributed by atoms with Gasteiger partial charge in [-0.3, -0.25) is 0 Å². The van der Waals surface area contributed by atoms with Crippen LogP contribution in [0.4, 0.5) is 0 Å². The van der Waals surface area contributed by atoms with Crippen molar-refractivity contribution < 1.29 is 23.4 Å². The molecule has 0 amide bonds. The molecule has 5 nitrogen and oxygen atoms in total. The fraction of sp³-hybridized carbons (Fsp3) is 0.333. The monoisotopic (exact) mass is 758 g/mol. The van der Waals surface area contributed by atoms with Crippen molar-refractivity contribution in [2.45, 2.75) is 60.2 Å². The van der Waals surface area contributed by atoms with Gasteiger partial charge in [0, 0.05) is 5.56 Å². The molecule has 0 aliphatic rings. The normalized spacial score (nSPS) is 14.9. The number of hydrogen-bond donors (Lipinski definition) is 1. The van der Waals surface area contributed by atoms with Gasteiger partial charge in [0.2, 0.25) is 0 Å². The predicted octanol–water partition coefficient (Wildman–Crippen LogP) is 8.96. The first kappa shape index (κ1) is 39.5. The molecule has 3 atom stereocenters. The average molecular weight is 759 g/mol. The van der Waals surface area contributed by atoms with E-state index in [1.807, 2.05) is 85.5 Å². The van der Waals surface area contributed by atoms with Crippen LogP contribution in [0, 0.1) is 0 Å². The summed E-state index contributed by atoms with van der Waals surface area (Å²) in [7, 11) is -3.00. The Labute approximate surface area is 318 Å². The third-order valence-corrected chi connectivity index (χ3v) is 20.0. The van der Waals surface area contributed by atoms with Crippen LogP contribution in [-0.2, 0) is 32.7 Å². The van der Waals surface area contributed by atoms with Crippen LogP contribution in [0.15, 0.2) is 144 Å². The highest BCUT2D eigenvalue weighted by molar-refractivity contribution is 8.33. The number of ether oxygens (including phenoxy) is 2. The number of aliphatic hydroxyl groups is 1. The lowest BCUT2D eigenvalue weighted by Gasteiger charge is -2.50. The van der Waals surface area contributed by atoms with Gasteiger partial charge in [-0.2, -0.15) is 0 Å². The molecule has 0 fully saturated rings. The van der Waals surface area contributed by atoms with E-state index in [1.54, 1.807) is 47.8 Å². The maximum atomic E-state index is 13.5. The van der Waals surface area contributed by atoms with Gasteiger partial charge in [-0.1, -0.05) is 142 Å². The number of hydrogen-bond acceptors (Lipinski definition) is 8. The Morgan fingerprint density at radius 3 is 1.51 bits per heavy atom. The minimum Gasteiger partial charge on any atom is -0.472 e. The fourth-order valence-corrected chi connectivity index (χ4v) is 15.1. The van der Waals surface area contributed by atoms with E-state index in [-0.39, 0.29) is 18.3 Å². The summed E-state index contributed by atoms with van der Waals surface area (Å²) in [5.41, 5.74) is 1.04. The lowest BCUT2D eigenvalue weighted by Crippen LogP contribution is -2.68. The summed E-state index contributed by atoms with van der Waals surface area (Å²) in [6.07, 6.45) is 7.75. The molecular weight excluding hydrogens is 709 g/mol. The molecule has 0 bridgehead atoms. The SMILES string of the molecule is CSC(SC)(SC)[C@](O)(c1ccoc1)[C@H](OCc1ccccc1)[C@H](CO[Si](c1ccccc1)(c1ccccc1)C(C)(C)C)OCc1ccccc1. The van der Waals surface area contributed by atoms with E-state index in [4.69, 9.17) is 18.3 Å². The zero-order valence-electron chi connectivity index (χ0n) is 30.4. The van der Waals surface area contributed by atoms with Gasteiger partial charge in [0.05, 0.1) is 32.3 Å². The molecule has 51 heavy (non-hydrogen) atoms. The summed E-state index contributed by atoms with van der Waals surface area (Å²) in [5, 5.41) is 15.6. The molecule has 5 rings (SSSR count). The van der Waals surface area contributed by atoms with Crippen molar-refractivity contribution in [1.82, 2.24) is 0 Å². The van der Waals surface area contributed by atoms with Crippen molar-refractivity contribution in [3.8, 4) is 0 Å². The second kappa shape index (κ2) is 17.9. The van der Waals surface area contributed by atoms with E-state index in [1.165, 1.54) is 10.4 Å². The van der Waals surface area contributed by atoms with Crippen LogP contribution in [0.3, 0.4) is 0 Å². The molecule has 9 heteroatoms. The second-order valence-corrected chi connectivity index (χ2v) is 21.6. The first-order valence-corrected chi connectivity index (χ1v) is 22.7. The highest BCUT2D eigenvalue weighted by atomic mass is 32.3. The Morgan fingerprint density at radius 1 is 0.647 bits per heavy atom. The van der Waals surface area contributed by atoms with Crippen LogP contribution in [0.2, 0.25) is 5.04 Å². The Bertz CT molecular complexity index is 1670. The van der Waals surface area contributed by atoms with Crippen LogP contribution in [0.5, 0.6) is 0 Å². The van der Waals surface area contributed by atoms with Gasteiger partial charge < -0.3 is 23.4 Å². The highest BCUT2D eigenvalue weighted by Gasteiger charge is 2.60. The molecule has 1 N–H and O–H groups in total. The molecule has 0 radical (unpaired) electrons. The zero-order chi connectivity index (χ0) is 36.4. The van der Waals surface area contributed by atoms with E-state index in [0.29, 0.717) is 12.2 Å². The van der Waals surface area contributed by atoms with Gasteiger partial charge in [0.25, 0.3) is 8.32 Å². The summed E-state index contributed by atoms with van der Waals surface area (Å²) in [5.74, 6) is 0. The Morgan fingerprint density at radius 2 is 1.10 bits per heavy atom. The first-order chi connectivity index (χ1) is 24.6. The molecule has 5 aromatic rings. The largest absolute Gasteiger partial charge is 0.472 e. The molecule has 4 aromatic carbocycles. The van der Waals surface area contributed by atoms with Crippen LogP contribution in [-0.4, -0.2) is 54.4 Å². The van der Waals surface area contributed by atoms with Crippen molar-refractivity contribution in [2.24, 2.45) is 0 Å². The standard InChI is InChI=1S/C42H50O5S3Si/c1-40(2,3)51(36-23-15-9-16-24-36,37-25-17-10-18-26-37)47-32-38(45-29-33-19-11-7-12-20-33)39(46-30-34-21-13-8-14-22-34)41(43,35-27-28-44-31-35)42(48-4,49-5)50-6/h7-28,31,38-39,43H,29-30,32H2,1-6H3/t38-,39+,41-/m0/s1. The fourth-order valence-electron chi connectivity index (χ4n) is 6.94. The summed E-state index contributed by atoms with van der Waals surface area (Å²) in [4.78, 5) is 0. The molecule has 0 spiro atoms. The predicted molar refractivity (Wildman–Crippen MR) is 219 cm³/mol. The maximum absolute atomic E-state index is 13.5. The van der Waals surface area contributed by atoms with E-state index >= 15 is 0 Å². The maximum Gasteiger partial charge on any atom is 0.261 e. The smallest absolute Gasteiger partial charge is 0.261 e. The Kier molecular flexibility index (Phi) is 13.8. The highest BCUT2D eigenvalue weighted by Crippen LogP contribution is 2.58. The van der Waals surface area contributed by atoms with Gasteiger partial charge >= 0.3 is 0 Å². The number of furan rings is 1. The minimum absolute atomic E-state index is 0.174. The van der Waals surface area contributed by atoms with Gasteiger partial charge in [-0.15, -0.1) is 35.3 Å². The zero-order valence-corrected chi connectivity index (χ0v) is 33.8. The molecule has 270 valence electrons. The van der Waals surface area contributed by atoms with Crippen LogP contribution < -0.4 is 10.4 Å². The quantitative estimate of drug-likeness (QED) is 0.0703. The summed E-state index contributed by atoms with van der Waals surface area (Å²) in [6.45, 7) is 7.56. The van der Waals surface area contributed by atoms with Crippen molar-refractivity contribution >= 4 is 54.0 Å². The summed E-state index contributed by atoms with van der Waals surface area (Å²) in [6, 6.07) is 43.3. The first-order valence-electron chi connectivity index (χ1n) is 17.1. The van der Waals surface area contributed by atoms with Gasteiger partial charge in [-0.05, 0) is 51.4 Å². The third-order valence-electron chi connectivity index (χ3n) is 9.44. The number of rotatable bonds is 18. The third kappa shape index (κ3) is 8.42. The Hall–Kier alpha value is -2.73. The second-order valence-electron chi connectivity index (χ2n) is 13.5. The summed E-state index contributed by atoms with van der Waals surface area (Å²) < 4.78 is 26.4. The van der Waals surface area contributed by atoms with E-state index in [2.05, 4.69) is 81.4 Å². The van der Waals surface area contributed by atoms with Gasteiger partial charge in [0.1, 0.15) is 15.6 Å². The van der Waals surface area contributed by atoms with Crippen molar-refractivity contribution in [1.29, 1.82) is 0 Å². The molecule has 0 aliphatic carbocycles. The molecule has 0 saturated carbocycles. The van der Waals surface area contributed by atoms with Crippen LogP contribution in [0.25, 0.3) is 0 Å². The number of thioether (sulfide) groups is 3. The van der Waals surface area contributed by atoms with E-state index < -0.39 is 29.5 Å². The molecule has 0 saturated heterocycles. The minimum atomic E-state index is -3.00.